The molecule has 2 rings (SSSR count). The molecule has 0 spiro atoms. The minimum Gasteiger partial charge on any atom is -0.492 e. The minimum absolute atomic E-state index is 0.290. The second-order valence-electron chi connectivity index (χ2n) is 4.55. The molecule has 0 aliphatic rings. The van der Waals surface area contributed by atoms with Crippen LogP contribution in [-0.4, -0.2) is 19.2 Å². The molecule has 0 fully saturated rings. The van der Waals surface area contributed by atoms with E-state index in [2.05, 4.69) is 10.6 Å². The number of nitrogens with one attached hydrogen (secondary N) is 2. The second kappa shape index (κ2) is 7.28. The average Bonchev–Trinajstić information content (AvgIpc) is 2.48. The predicted molar refractivity (Wildman–Crippen MR) is 80.1 cm³/mol. The number of amides is 2. The van der Waals surface area contributed by atoms with Crippen molar-refractivity contribution >= 4 is 11.7 Å². The molecule has 0 heterocycles. The number of rotatable bonds is 5. The van der Waals surface area contributed by atoms with E-state index in [1.54, 1.807) is 12.1 Å². The molecule has 0 saturated carbocycles. The number of carbonyl (C=O) groups is 1. The predicted octanol–water partition coefficient (Wildman–Crippen LogP) is 3.33. The monoisotopic (exact) mass is 288 g/mol. The van der Waals surface area contributed by atoms with E-state index in [-0.39, 0.29) is 11.8 Å². The van der Waals surface area contributed by atoms with Gasteiger partial charge in [0.1, 0.15) is 18.2 Å². The molecule has 0 atom stereocenters. The van der Waals surface area contributed by atoms with Gasteiger partial charge in [0.25, 0.3) is 0 Å². The van der Waals surface area contributed by atoms with E-state index in [1.807, 2.05) is 31.2 Å². The molecule has 21 heavy (non-hydrogen) atoms. The Hall–Kier alpha value is -2.56. The van der Waals surface area contributed by atoms with Gasteiger partial charge in [0.2, 0.25) is 0 Å². The fourth-order valence-corrected chi connectivity index (χ4v) is 1.68. The second-order valence-corrected chi connectivity index (χ2v) is 4.55. The maximum absolute atomic E-state index is 12.7. The average molecular weight is 288 g/mol. The first-order valence-electron chi connectivity index (χ1n) is 6.63. The van der Waals surface area contributed by atoms with Crippen molar-refractivity contribution in [1.82, 2.24) is 5.32 Å². The van der Waals surface area contributed by atoms with Crippen molar-refractivity contribution in [2.75, 3.05) is 18.5 Å². The first kappa shape index (κ1) is 14.8. The van der Waals surface area contributed by atoms with Gasteiger partial charge in [0.05, 0.1) is 6.54 Å². The number of aryl methyl sites for hydroxylation is 1. The maximum Gasteiger partial charge on any atom is 0.319 e. The van der Waals surface area contributed by atoms with Crippen LogP contribution in [0.4, 0.5) is 14.9 Å². The van der Waals surface area contributed by atoms with Crippen LogP contribution in [0.25, 0.3) is 0 Å². The summed E-state index contributed by atoms with van der Waals surface area (Å²) in [4.78, 5) is 11.6. The van der Waals surface area contributed by atoms with Crippen molar-refractivity contribution in [2.24, 2.45) is 0 Å². The third kappa shape index (κ3) is 5.14. The Labute approximate surface area is 122 Å². The molecule has 2 aromatic carbocycles. The zero-order valence-corrected chi connectivity index (χ0v) is 11.7. The lowest BCUT2D eigenvalue weighted by molar-refractivity contribution is 0.247. The molecule has 0 saturated heterocycles. The van der Waals surface area contributed by atoms with Crippen molar-refractivity contribution in [3.05, 3.63) is 59.9 Å². The highest BCUT2D eigenvalue weighted by Crippen LogP contribution is 2.10. The van der Waals surface area contributed by atoms with Gasteiger partial charge in [-0.25, -0.2) is 9.18 Å². The molecule has 2 N–H and O–H groups in total. The van der Waals surface area contributed by atoms with Gasteiger partial charge in [0, 0.05) is 5.69 Å². The number of benzene rings is 2. The highest BCUT2D eigenvalue weighted by atomic mass is 19.1. The lowest BCUT2D eigenvalue weighted by atomic mass is 10.2. The van der Waals surface area contributed by atoms with Gasteiger partial charge in [-0.3, -0.25) is 0 Å². The normalized spacial score (nSPS) is 10.0. The first-order valence-corrected chi connectivity index (χ1v) is 6.63. The topological polar surface area (TPSA) is 50.4 Å². The smallest absolute Gasteiger partial charge is 0.319 e. The Morgan fingerprint density at radius 2 is 1.76 bits per heavy atom. The zero-order valence-electron chi connectivity index (χ0n) is 11.7. The summed E-state index contributed by atoms with van der Waals surface area (Å²) in [6, 6.07) is 13.0. The summed E-state index contributed by atoms with van der Waals surface area (Å²) in [7, 11) is 0. The summed E-state index contributed by atoms with van der Waals surface area (Å²) in [5.41, 5.74) is 1.87. The van der Waals surface area contributed by atoms with E-state index in [0.717, 1.165) is 11.3 Å². The lowest BCUT2D eigenvalue weighted by Crippen LogP contribution is -2.32. The van der Waals surface area contributed by atoms with Gasteiger partial charge in [-0.15, -0.1) is 0 Å². The summed E-state index contributed by atoms with van der Waals surface area (Å²) in [6.45, 7) is 2.65. The number of ether oxygens (including phenoxy) is 1. The molecule has 0 aliphatic carbocycles. The standard InChI is InChI=1S/C16H17FN2O2/c1-12-2-6-14(7-3-12)19-16(20)18-10-11-21-15-8-4-13(17)5-9-15/h2-9H,10-11H2,1H3,(H2,18,19,20). The van der Waals surface area contributed by atoms with Gasteiger partial charge < -0.3 is 15.4 Å². The van der Waals surface area contributed by atoms with Crippen LogP contribution in [0.15, 0.2) is 48.5 Å². The van der Waals surface area contributed by atoms with E-state index < -0.39 is 0 Å². The summed E-state index contributed by atoms with van der Waals surface area (Å²) in [5.74, 6) is 0.259. The third-order valence-corrected chi connectivity index (χ3v) is 2.78. The molecule has 4 nitrogen and oxygen atoms in total. The number of carbonyl (C=O) groups excluding carboxylic acids is 1. The van der Waals surface area contributed by atoms with Crippen LogP contribution in [0.5, 0.6) is 5.75 Å². The van der Waals surface area contributed by atoms with Gasteiger partial charge in [0.15, 0.2) is 0 Å². The van der Waals surface area contributed by atoms with Gasteiger partial charge >= 0.3 is 6.03 Å². The van der Waals surface area contributed by atoms with Gasteiger partial charge in [-0.2, -0.15) is 0 Å². The molecule has 0 bridgehead atoms. The van der Waals surface area contributed by atoms with Crippen LogP contribution in [0.1, 0.15) is 5.56 Å². The van der Waals surface area contributed by atoms with E-state index >= 15 is 0 Å². The summed E-state index contributed by atoms with van der Waals surface area (Å²) < 4.78 is 18.1. The number of hydrogen-bond acceptors (Lipinski definition) is 2. The van der Waals surface area contributed by atoms with E-state index in [0.29, 0.717) is 18.9 Å². The minimum atomic E-state index is -0.307. The lowest BCUT2D eigenvalue weighted by Gasteiger charge is -2.09. The molecular formula is C16H17FN2O2. The maximum atomic E-state index is 12.7. The van der Waals surface area contributed by atoms with Crippen molar-refractivity contribution in [2.45, 2.75) is 6.92 Å². The number of hydrogen-bond donors (Lipinski definition) is 2. The molecule has 0 radical (unpaired) electrons. The van der Waals surface area contributed by atoms with E-state index in [1.165, 1.54) is 12.1 Å². The number of urea groups is 1. The molecular weight excluding hydrogens is 271 g/mol. The highest BCUT2D eigenvalue weighted by molar-refractivity contribution is 5.89. The summed E-state index contributed by atoms with van der Waals surface area (Å²) in [5, 5.41) is 5.40. The van der Waals surface area contributed by atoms with Crippen molar-refractivity contribution in [1.29, 1.82) is 0 Å². The summed E-state index contributed by atoms with van der Waals surface area (Å²) >= 11 is 0. The SMILES string of the molecule is Cc1ccc(NC(=O)NCCOc2ccc(F)cc2)cc1. The van der Waals surface area contributed by atoms with E-state index in [4.69, 9.17) is 4.74 Å². The molecule has 0 unspecified atom stereocenters. The van der Waals surface area contributed by atoms with Crippen LogP contribution in [0.2, 0.25) is 0 Å². The van der Waals surface area contributed by atoms with Gasteiger partial charge in [-0.1, -0.05) is 17.7 Å². The summed E-state index contributed by atoms with van der Waals surface area (Å²) in [6.07, 6.45) is 0. The molecule has 2 amide bonds. The molecule has 0 aliphatic heterocycles. The van der Waals surface area contributed by atoms with Crippen molar-refractivity contribution < 1.29 is 13.9 Å². The highest BCUT2D eigenvalue weighted by Gasteiger charge is 2.01. The van der Waals surface area contributed by atoms with Crippen molar-refractivity contribution in [3.8, 4) is 5.75 Å². The number of halogens is 1. The Kier molecular flexibility index (Phi) is 5.15. The largest absolute Gasteiger partial charge is 0.492 e. The Morgan fingerprint density at radius 1 is 1.10 bits per heavy atom. The number of anilines is 1. The van der Waals surface area contributed by atoms with Crippen molar-refractivity contribution in [3.63, 3.8) is 0 Å². The quantitative estimate of drug-likeness (QED) is 0.829. The molecule has 110 valence electrons. The Morgan fingerprint density at radius 3 is 2.43 bits per heavy atom. The van der Waals surface area contributed by atoms with Crippen LogP contribution in [0, 0.1) is 12.7 Å². The molecule has 0 aromatic heterocycles. The third-order valence-electron chi connectivity index (χ3n) is 2.78. The Balaban J connectivity index is 1.67. The van der Waals surface area contributed by atoms with Crippen LogP contribution in [0.3, 0.4) is 0 Å². The van der Waals surface area contributed by atoms with Crippen LogP contribution >= 0.6 is 0 Å². The van der Waals surface area contributed by atoms with E-state index in [9.17, 15) is 9.18 Å². The van der Waals surface area contributed by atoms with Crippen LogP contribution in [-0.2, 0) is 0 Å². The van der Waals surface area contributed by atoms with Crippen LogP contribution < -0.4 is 15.4 Å². The Bertz CT molecular complexity index is 582. The molecule has 5 heteroatoms. The first-order chi connectivity index (χ1) is 10.1. The molecule has 2 aromatic rings. The van der Waals surface area contributed by atoms with Gasteiger partial charge in [-0.05, 0) is 43.3 Å². The fourth-order valence-electron chi connectivity index (χ4n) is 1.68. The zero-order chi connectivity index (χ0) is 15.1. The fraction of sp³-hybridized carbons (Fsp3) is 0.188.